The number of hydroxylamine groups is 2. The van der Waals surface area contributed by atoms with Crippen LogP contribution < -0.4 is 0 Å². The highest BCUT2D eigenvalue weighted by Crippen LogP contribution is 2.46. The molecule has 0 aromatic heterocycles. The minimum Gasteiger partial charge on any atom is -0.275 e. The van der Waals surface area contributed by atoms with Gasteiger partial charge in [-0.3, -0.25) is 9.63 Å². The maximum atomic E-state index is 13.2. The first-order valence-corrected chi connectivity index (χ1v) is 10.6. The van der Waals surface area contributed by atoms with E-state index in [0.29, 0.717) is 11.4 Å². The van der Waals surface area contributed by atoms with Gasteiger partial charge in [-0.25, -0.2) is 5.06 Å². The van der Waals surface area contributed by atoms with Crippen LogP contribution in [0.25, 0.3) is 0 Å². The van der Waals surface area contributed by atoms with E-state index in [9.17, 15) is 4.79 Å². The van der Waals surface area contributed by atoms with Crippen LogP contribution in [0.4, 0.5) is 0 Å². The minimum absolute atomic E-state index is 0.0553. The molecular formula is C25H32ClNO2. The van der Waals surface area contributed by atoms with Gasteiger partial charge in [0, 0.05) is 12.1 Å². The number of halogens is 1. The van der Waals surface area contributed by atoms with Crippen molar-refractivity contribution in [1.29, 1.82) is 0 Å². The van der Waals surface area contributed by atoms with E-state index in [2.05, 4.69) is 45.9 Å². The Morgan fingerprint density at radius 3 is 2.34 bits per heavy atom. The van der Waals surface area contributed by atoms with Crippen molar-refractivity contribution >= 4 is 17.5 Å². The van der Waals surface area contributed by atoms with Gasteiger partial charge in [0.2, 0.25) is 0 Å². The van der Waals surface area contributed by atoms with Crippen molar-refractivity contribution in [1.82, 2.24) is 5.06 Å². The molecule has 0 fully saturated rings. The molecule has 1 amide bonds. The van der Waals surface area contributed by atoms with Crippen molar-refractivity contribution in [2.75, 3.05) is 14.2 Å². The molecule has 156 valence electrons. The summed E-state index contributed by atoms with van der Waals surface area (Å²) in [6.45, 7) is 9.24. The number of hydrogen-bond donors (Lipinski definition) is 0. The molecule has 2 aromatic rings. The fraction of sp³-hybridized carbons (Fsp3) is 0.480. The first-order chi connectivity index (χ1) is 13.5. The third-order valence-corrected chi connectivity index (χ3v) is 6.73. The Bertz CT molecular complexity index is 903. The van der Waals surface area contributed by atoms with Gasteiger partial charge in [0.15, 0.2) is 0 Å². The molecule has 0 heterocycles. The van der Waals surface area contributed by atoms with Gasteiger partial charge in [-0.1, -0.05) is 69.6 Å². The van der Waals surface area contributed by atoms with E-state index in [1.807, 2.05) is 24.3 Å². The molecule has 0 bridgehead atoms. The SMILES string of the molecule is CON(C)C(=O)C(Cc1cccc(Cl)c1)c1ccc2c(c1)C(C)(C)CCC2(C)C. The summed E-state index contributed by atoms with van der Waals surface area (Å²) in [5.74, 6) is -0.384. The van der Waals surface area contributed by atoms with Crippen molar-refractivity contribution in [3.8, 4) is 0 Å². The largest absolute Gasteiger partial charge is 0.275 e. The summed E-state index contributed by atoms with van der Waals surface area (Å²) in [7, 11) is 3.19. The summed E-state index contributed by atoms with van der Waals surface area (Å²) >= 11 is 6.19. The van der Waals surface area contributed by atoms with E-state index in [0.717, 1.165) is 17.5 Å². The molecule has 3 nitrogen and oxygen atoms in total. The summed E-state index contributed by atoms with van der Waals surface area (Å²) in [6, 6.07) is 14.3. The van der Waals surface area contributed by atoms with Crippen molar-refractivity contribution in [2.45, 2.75) is 63.7 Å². The first-order valence-electron chi connectivity index (χ1n) is 10.3. The number of fused-ring (bicyclic) bond motifs is 1. The zero-order valence-electron chi connectivity index (χ0n) is 18.4. The number of rotatable bonds is 5. The molecule has 0 saturated carbocycles. The second-order valence-electron chi connectivity index (χ2n) is 9.48. The van der Waals surface area contributed by atoms with Crippen LogP contribution in [0.15, 0.2) is 42.5 Å². The van der Waals surface area contributed by atoms with E-state index < -0.39 is 0 Å². The van der Waals surface area contributed by atoms with Gasteiger partial charge in [-0.15, -0.1) is 0 Å². The normalized spacial score (nSPS) is 18.0. The number of nitrogens with zero attached hydrogens (tertiary/aromatic N) is 1. The molecule has 0 spiro atoms. The van der Waals surface area contributed by atoms with E-state index >= 15 is 0 Å². The van der Waals surface area contributed by atoms with E-state index in [-0.39, 0.29) is 22.7 Å². The number of amides is 1. The lowest BCUT2D eigenvalue weighted by Crippen LogP contribution is -2.35. The Morgan fingerprint density at radius 2 is 1.72 bits per heavy atom. The van der Waals surface area contributed by atoms with Crippen LogP contribution in [0, 0.1) is 0 Å². The second kappa shape index (κ2) is 8.12. The average molecular weight is 414 g/mol. The van der Waals surface area contributed by atoms with Crippen molar-refractivity contribution in [2.24, 2.45) is 0 Å². The Kier molecular flexibility index (Phi) is 6.12. The van der Waals surface area contributed by atoms with E-state index in [1.165, 1.54) is 29.7 Å². The van der Waals surface area contributed by atoms with Crippen LogP contribution in [0.2, 0.25) is 5.02 Å². The maximum absolute atomic E-state index is 13.2. The molecule has 1 unspecified atom stereocenters. The zero-order valence-corrected chi connectivity index (χ0v) is 19.1. The Hall–Kier alpha value is -1.84. The highest BCUT2D eigenvalue weighted by atomic mass is 35.5. The Labute approximate surface area is 180 Å². The summed E-state index contributed by atoms with van der Waals surface area (Å²) in [5, 5.41) is 2.01. The number of carbonyl (C=O) groups excluding carboxylic acids is 1. The molecular weight excluding hydrogens is 382 g/mol. The van der Waals surface area contributed by atoms with Gasteiger partial charge >= 0.3 is 0 Å². The lowest BCUT2D eigenvalue weighted by atomic mass is 9.62. The molecule has 1 atom stereocenters. The van der Waals surface area contributed by atoms with E-state index in [1.54, 1.807) is 7.05 Å². The predicted molar refractivity (Wildman–Crippen MR) is 119 cm³/mol. The van der Waals surface area contributed by atoms with Gasteiger partial charge < -0.3 is 0 Å². The quantitative estimate of drug-likeness (QED) is 0.559. The van der Waals surface area contributed by atoms with Crippen LogP contribution in [0.1, 0.15) is 68.7 Å². The molecule has 3 rings (SSSR count). The lowest BCUT2D eigenvalue weighted by molar-refractivity contribution is -0.170. The van der Waals surface area contributed by atoms with Gasteiger partial charge in [0.05, 0.1) is 13.0 Å². The number of likely N-dealkylation sites (N-methyl/N-ethyl adjacent to an activating group) is 1. The molecule has 4 heteroatoms. The summed E-state index contributed by atoms with van der Waals surface area (Å²) in [5.41, 5.74) is 5.07. The molecule has 0 N–H and O–H groups in total. The van der Waals surface area contributed by atoms with Crippen molar-refractivity contribution in [3.63, 3.8) is 0 Å². The van der Waals surface area contributed by atoms with Crippen molar-refractivity contribution in [3.05, 3.63) is 69.7 Å². The van der Waals surface area contributed by atoms with Crippen LogP contribution in [-0.4, -0.2) is 25.1 Å². The molecule has 2 aromatic carbocycles. The lowest BCUT2D eigenvalue weighted by Gasteiger charge is -2.42. The first kappa shape index (κ1) is 21.9. The highest BCUT2D eigenvalue weighted by Gasteiger charge is 2.38. The smallest absolute Gasteiger partial charge is 0.253 e. The molecule has 0 aliphatic heterocycles. The zero-order chi connectivity index (χ0) is 21.4. The fourth-order valence-corrected chi connectivity index (χ4v) is 4.59. The Morgan fingerprint density at radius 1 is 1.07 bits per heavy atom. The number of carbonyl (C=O) groups is 1. The highest BCUT2D eigenvalue weighted by molar-refractivity contribution is 6.30. The fourth-order valence-electron chi connectivity index (χ4n) is 4.38. The molecule has 29 heavy (non-hydrogen) atoms. The van der Waals surface area contributed by atoms with Gasteiger partial charge in [-0.05, 0) is 64.5 Å². The van der Waals surface area contributed by atoms with Crippen molar-refractivity contribution < 1.29 is 9.63 Å². The standard InChI is InChI=1S/C25H32ClNO2/c1-24(2)12-13-25(3,4)22-16-18(10-11-21(22)24)20(23(28)27(5)29-6)15-17-8-7-9-19(26)14-17/h7-11,14,16,20H,12-13,15H2,1-6H3. The number of benzene rings is 2. The molecule has 0 saturated heterocycles. The predicted octanol–water partition coefficient (Wildman–Crippen LogP) is 6.04. The molecule has 1 aliphatic carbocycles. The van der Waals surface area contributed by atoms with Crippen LogP contribution in [-0.2, 0) is 26.9 Å². The molecule has 1 aliphatic rings. The average Bonchev–Trinajstić information content (AvgIpc) is 2.68. The van der Waals surface area contributed by atoms with Gasteiger partial charge in [0.25, 0.3) is 5.91 Å². The number of hydrogen-bond acceptors (Lipinski definition) is 2. The summed E-state index contributed by atoms with van der Waals surface area (Å²) < 4.78 is 0. The topological polar surface area (TPSA) is 29.5 Å². The molecule has 0 radical (unpaired) electrons. The van der Waals surface area contributed by atoms with Gasteiger partial charge in [0.1, 0.15) is 0 Å². The second-order valence-corrected chi connectivity index (χ2v) is 9.91. The third-order valence-electron chi connectivity index (χ3n) is 6.49. The van der Waals surface area contributed by atoms with Crippen LogP contribution in [0.3, 0.4) is 0 Å². The summed E-state index contributed by atoms with van der Waals surface area (Å²) in [6.07, 6.45) is 2.89. The third kappa shape index (κ3) is 4.51. The van der Waals surface area contributed by atoms with Crippen LogP contribution in [0.5, 0.6) is 0 Å². The van der Waals surface area contributed by atoms with E-state index in [4.69, 9.17) is 16.4 Å². The minimum atomic E-state index is -0.329. The van der Waals surface area contributed by atoms with Crippen LogP contribution >= 0.6 is 11.6 Å². The monoisotopic (exact) mass is 413 g/mol. The summed E-state index contributed by atoms with van der Waals surface area (Å²) in [4.78, 5) is 18.4. The maximum Gasteiger partial charge on any atom is 0.253 e. The van der Waals surface area contributed by atoms with Gasteiger partial charge in [-0.2, -0.15) is 0 Å². The Balaban J connectivity index is 2.07.